The molecule has 1 aliphatic carbocycles. The van der Waals surface area contributed by atoms with E-state index in [4.69, 9.17) is 16.7 Å². The Morgan fingerprint density at radius 1 is 1.50 bits per heavy atom. The van der Waals surface area contributed by atoms with Crippen LogP contribution in [-0.4, -0.2) is 28.6 Å². The van der Waals surface area contributed by atoms with E-state index in [1.54, 1.807) is 12.1 Å². The predicted octanol–water partition coefficient (Wildman–Crippen LogP) is 2.92. The Balaban J connectivity index is 2.06. The van der Waals surface area contributed by atoms with Gasteiger partial charge in [0.2, 0.25) is 0 Å². The van der Waals surface area contributed by atoms with Gasteiger partial charge in [0, 0.05) is 29.7 Å². The third-order valence-corrected chi connectivity index (χ3v) is 3.45. The van der Waals surface area contributed by atoms with Crippen molar-refractivity contribution < 1.29 is 14.3 Å². The van der Waals surface area contributed by atoms with Crippen LogP contribution in [0.5, 0.6) is 0 Å². The molecule has 1 fully saturated rings. The second kappa shape index (κ2) is 5.67. The van der Waals surface area contributed by atoms with E-state index < -0.39 is 5.97 Å². The molecule has 0 aromatic heterocycles. The van der Waals surface area contributed by atoms with E-state index in [2.05, 4.69) is 0 Å². The normalized spacial score (nSPS) is 15.1. The lowest BCUT2D eigenvalue weighted by Gasteiger charge is -2.22. The highest BCUT2D eigenvalue weighted by Gasteiger charge is 2.30. The fraction of sp³-hybridized carbons (Fsp3) is 0.462. The summed E-state index contributed by atoms with van der Waals surface area (Å²) in [5, 5.41) is 9.11. The van der Waals surface area contributed by atoms with Gasteiger partial charge in [0.25, 0.3) is 0 Å². The summed E-state index contributed by atoms with van der Waals surface area (Å²) in [6, 6.07) is 4.98. The number of rotatable bonds is 6. The number of aliphatic carboxylic acids is 1. The maximum atomic E-state index is 13.7. The molecule has 0 unspecified atom stereocenters. The number of carbonyl (C=O) groups is 1. The van der Waals surface area contributed by atoms with Gasteiger partial charge in [-0.05, 0) is 25.0 Å². The summed E-state index contributed by atoms with van der Waals surface area (Å²) in [6.07, 6.45) is 2.17. The van der Waals surface area contributed by atoms with Gasteiger partial charge in [-0.15, -0.1) is 0 Å². The van der Waals surface area contributed by atoms with Crippen LogP contribution in [0.1, 0.15) is 24.8 Å². The summed E-state index contributed by atoms with van der Waals surface area (Å²) in [5.74, 6) is -1.16. The zero-order valence-corrected chi connectivity index (χ0v) is 10.7. The Labute approximate surface area is 110 Å². The van der Waals surface area contributed by atoms with Crippen LogP contribution in [0.15, 0.2) is 18.2 Å². The molecule has 5 heteroatoms. The minimum atomic E-state index is -0.833. The SMILES string of the molecule is O=C(O)CCN(Cc1c(F)cccc1Cl)C1CC1. The molecule has 1 aromatic carbocycles. The average molecular weight is 272 g/mol. The number of carboxylic acids is 1. The maximum Gasteiger partial charge on any atom is 0.304 e. The van der Waals surface area contributed by atoms with Gasteiger partial charge < -0.3 is 5.11 Å². The molecule has 0 radical (unpaired) electrons. The fourth-order valence-corrected chi connectivity index (χ4v) is 2.18. The second-order valence-electron chi connectivity index (χ2n) is 4.55. The van der Waals surface area contributed by atoms with Crippen LogP contribution in [0.3, 0.4) is 0 Å². The molecule has 0 atom stereocenters. The first-order chi connectivity index (χ1) is 8.58. The van der Waals surface area contributed by atoms with Crippen molar-refractivity contribution in [3.8, 4) is 0 Å². The average Bonchev–Trinajstić information content (AvgIpc) is 3.11. The van der Waals surface area contributed by atoms with Crippen molar-refractivity contribution in [3.05, 3.63) is 34.6 Å². The first kappa shape index (κ1) is 13.3. The van der Waals surface area contributed by atoms with Crippen LogP contribution >= 0.6 is 11.6 Å². The third-order valence-electron chi connectivity index (χ3n) is 3.10. The Hall–Kier alpha value is -1.13. The number of carboxylic acid groups (broad SMARTS) is 1. The van der Waals surface area contributed by atoms with Crippen molar-refractivity contribution in [2.45, 2.75) is 31.8 Å². The lowest BCUT2D eigenvalue weighted by molar-refractivity contribution is -0.137. The van der Waals surface area contributed by atoms with Crippen molar-refractivity contribution in [2.24, 2.45) is 0 Å². The van der Waals surface area contributed by atoms with Crippen LogP contribution < -0.4 is 0 Å². The van der Waals surface area contributed by atoms with Crippen molar-refractivity contribution >= 4 is 17.6 Å². The van der Waals surface area contributed by atoms with E-state index in [0.29, 0.717) is 29.7 Å². The number of halogens is 2. The highest BCUT2D eigenvalue weighted by molar-refractivity contribution is 6.31. The summed E-state index contributed by atoms with van der Waals surface area (Å²) >= 11 is 5.98. The largest absolute Gasteiger partial charge is 0.481 e. The summed E-state index contributed by atoms with van der Waals surface area (Å²) in [7, 11) is 0. The number of benzene rings is 1. The smallest absolute Gasteiger partial charge is 0.304 e. The zero-order valence-electron chi connectivity index (χ0n) is 9.90. The Kier molecular flexibility index (Phi) is 4.19. The fourth-order valence-electron chi connectivity index (χ4n) is 1.96. The molecule has 2 rings (SSSR count). The van der Waals surface area contributed by atoms with Crippen LogP contribution in [0, 0.1) is 5.82 Å². The molecule has 1 aromatic rings. The minimum absolute atomic E-state index is 0.0720. The van der Waals surface area contributed by atoms with Gasteiger partial charge in [0.15, 0.2) is 0 Å². The molecule has 0 saturated heterocycles. The van der Waals surface area contributed by atoms with Crippen LogP contribution in [0.2, 0.25) is 5.02 Å². The van der Waals surface area contributed by atoms with E-state index in [1.807, 2.05) is 4.90 Å². The van der Waals surface area contributed by atoms with Crippen molar-refractivity contribution in [3.63, 3.8) is 0 Å². The predicted molar refractivity (Wildman–Crippen MR) is 67.1 cm³/mol. The zero-order chi connectivity index (χ0) is 13.1. The van der Waals surface area contributed by atoms with Gasteiger partial charge in [-0.2, -0.15) is 0 Å². The Morgan fingerprint density at radius 2 is 2.22 bits per heavy atom. The summed E-state index contributed by atoms with van der Waals surface area (Å²) in [6.45, 7) is 0.814. The molecule has 1 aliphatic rings. The van der Waals surface area contributed by atoms with Crippen LogP contribution in [-0.2, 0) is 11.3 Å². The van der Waals surface area contributed by atoms with Crippen molar-refractivity contribution in [2.75, 3.05) is 6.54 Å². The first-order valence-corrected chi connectivity index (χ1v) is 6.34. The lowest BCUT2D eigenvalue weighted by atomic mass is 10.2. The highest BCUT2D eigenvalue weighted by Crippen LogP contribution is 2.30. The molecule has 0 bridgehead atoms. The van der Waals surface area contributed by atoms with Crippen molar-refractivity contribution in [1.82, 2.24) is 4.90 Å². The van der Waals surface area contributed by atoms with Gasteiger partial charge in [-0.3, -0.25) is 9.69 Å². The highest BCUT2D eigenvalue weighted by atomic mass is 35.5. The van der Waals surface area contributed by atoms with Gasteiger partial charge >= 0.3 is 5.97 Å². The molecule has 98 valence electrons. The monoisotopic (exact) mass is 271 g/mol. The third kappa shape index (κ3) is 3.43. The van der Waals surface area contributed by atoms with E-state index in [9.17, 15) is 9.18 Å². The molecule has 1 saturated carbocycles. The number of hydrogen-bond donors (Lipinski definition) is 1. The Morgan fingerprint density at radius 3 is 2.78 bits per heavy atom. The van der Waals surface area contributed by atoms with E-state index in [0.717, 1.165) is 12.8 Å². The van der Waals surface area contributed by atoms with Crippen LogP contribution in [0.4, 0.5) is 4.39 Å². The molecule has 0 heterocycles. The summed E-state index contributed by atoms with van der Waals surface area (Å²) in [4.78, 5) is 12.6. The molecule has 0 aliphatic heterocycles. The molecule has 1 N–H and O–H groups in total. The maximum absolute atomic E-state index is 13.7. The van der Waals surface area contributed by atoms with Gasteiger partial charge in [0.1, 0.15) is 5.82 Å². The van der Waals surface area contributed by atoms with Gasteiger partial charge in [-0.25, -0.2) is 4.39 Å². The second-order valence-corrected chi connectivity index (χ2v) is 4.95. The topological polar surface area (TPSA) is 40.5 Å². The molecule has 3 nitrogen and oxygen atoms in total. The van der Waals surface area contributed by atoms with Gasteiger partial charge in [0.05, 0.1) is 6.42 Å². The standard InChI is InChI=1S/C13H15ClFNO2/c14-11-2-1-3-12(15)10(11)8-16(9-4-5-9)7-6-13(17)18/h1-3,9H,4-8H2,(H,17,18). The number of nitrogens with zero attached hydrogens (tertiary/aromatic N) is 1. The first-order valence-electron chi connectivity index (χ1n) is 5.96. The quantitative estimate of drug-likeness (QED) is 0.865. The van der Waals surface area contributed by atoms with Crippen molar-refractivity contribution in [1.29, 1.82) is 0 Å². The summed E-state index contributed by atoms with van der Waals surface area (Å²) in [5.41, 5.74) is 0.455. The minimum Gasteiger partial charge on any atom is -0.481 e. The molecular formula is C13H15ClFNO2. The molecule has 18 heavy (non-hydrogen) atoms. The van der Waals surface area contributed by atoms with Crippen LogP contribution in [0.25, 0.3) is 0 Å². The number of hydrogen-bond acceptors (Lipinski definition) is 2. The van der Waals surface area contributed by atoms with E-state index >= 15 is 0 Å². The molecule has 0 spiro atoms. The molecular weight excluding hydrogens is 257 g/mol. The van der Waals surface area contributed by atoms with Gasteiger partial charge in [-0.1, -0.05) is 17.7 Å². The van der Waals surface area contributed by atoms with E-state index in [1.165, 1.54) is 6.07 Å². The molecule has 0 amide bonds. The lowest BCUT2D eigenvalue weighted by Crippen LogP contribution is -2.28. The van der Waals surface area contributed by atoms with E-state index in [-0.39, 0.29) is 12.2 Å². The Bertz CT molecular complexity index is 428. The summed E-state index contributed by atoms with van der Waals surface area (Å²) < 4.78 is 13.7.